The molecule has 3 unspecified atom stereocenters. The van der Waals surface area contributed by atoms with Gasteiger partial charge in [-0.2, -0.15) is 0 Å². The van der Waals surface area contributed by atoms with E-state index < -0.39 is 0 Å². The molecule has 2 nitrogen and oxygen atoms in total. The predicted octanol–water partition coefficient (Wildman–Crippen LogP) is 2.41. The fourth-order valence-electron chi connectivity index (χ4n) is 4.12. The Morgan fingerprint density at radius 1 is 1.19 bits per heavy atom. The predicted molar refractivity (Wildman–Crippen MR) is 65.3 cm³/mol. The molecule has 3 fully saturated rings. The summed E-state index contributed by atoms with van der Waals surface area (Å²) < 4.78 is 0. The van der Waals surface area contributed by atoms with Gasteiger partial charge in [-0.3, -0.25) is 4.90 Å². The van der Waals surface area contributed by atoms with E-state index in [9.17, 15) is 5.11 Å². The van der Waals surface area contributed by atoms with Crippen LogP contribution in [0.3, 0.4) is 0 Å². The van der Waals surface area contributed by atoms with Gasteiger partial charge < -0.3 is 5.11 Å². The lowest BCUT2D eigenvalue weighted by molar-refractivity contribution is 0.0306. The number of aliphatic hydroxyl groups is 1. The molecule has 0 bridgehead atoms. The van der Waals surface area contributed by atoms with Gasteiger partial charge in [-0.05, 0) is 56.4 Å². The SMILES string of the molecule is CC1CCC(O)CC1N1CCC2(CCC2)C1. The van der Waals surface area contributed by atoms with E-state index in [2.05, 4.69) is 11.8 Å². The fraction of sp³-hybridized carbons (Fsp3) is 1.00. The molecule has 1 spiro atoms. The summed E-state index contributed by atoms with van der Waals surface area (Å²) in [7, 11) is 0. The minimum absolute atomic E-state index is 0.0286. The minimum atomic E-state index is -0.0286. The third-order valence-electron chi connectivity index (χ3n) is 5.48. The highest BCUT2D eigenvalue weighted by atomic mass is 16.3. The average Bonchev–Trinajstić information content (AvgIpc) is 2.66. The van der Waals surface area contributed by atoms with Gasteiger partial charge in [0.15, 0.2) is 0 Å². The zero-order valence-corrected chi connectivity index (χ0v) is 10.5. The molecule has 2 heteroatoms. The molecule has 2 aliphatic carbocycles. The van der Waals surface area contributed by atoms with E-state index in [-0.39, 0.29) is 6.10 Å². The van der Waals surface area contributed by atoms with Crippen molar-refractivity contribution in [3.8, 4) is 0 Å². The Labute approximate surface area is 99.0 Å². The number of hydrogen-bond acceptors (Lipinski definition) is 2. The summed E-state index contributed by atoms with van der Waals surface area (Å²) >= 11 is 0. The lowest BCUT2D eigenvalue weighted by Crippen LogP contribution is -2.45. The number of likely N-dealkylation sites (tertiary alicyclic amines) is 1. The summed E-state index contributed by atoms with van der Waals surface area (Å²) in [5, 5.41) is 9.83. The normalized spacial score (nSPS) is 43.5. The topological polar surface area (TPSA) is 23.5 Å². The monoisotopic (exact) mass is 223 g/mol. The van der Waals surface area contributed by atoms with E-state index >= 15 is 0 Å². The van der Waals surface area contributed by atoms with Crippen LogP contribution < -0.4 is 0 Å². The molecule has 3 atom stereocenters. The van der Waals surface area contributed by atoms with Crippen molar-refractivity contribution >= 4 is 0 Å². The van der Waals surface area contributed by atoms with Crippen LogP contribution in [0.5, 0.6) is 0 Å². The highest BCUT2D eigenvalue weighted by Gasteiger charge is 2.45. The maximum atomic E-state index is 9.83. The first-order valence-corrected chi connectivity index (χ1v) is 7.11. The summed E-state index contributed by atoms with van der Waals surface area (Å²) in [4.78, 5) is 2.70. The largest absolute Gasteiger partial charge is 0.393 e. The van der Waals surface area contributed by atoms with Crippen LogP contribution in [0.15, 0.2) is 0 Å². The van der Waals surface area contributed by atoms with Crippen molar-refractivity contribution in [3.63, 3.8) is 0 Å². The standard InChI is InChI=1S/C14H25NO/c1-11-3-4-12(16)9-13(11)15-8-7-14(10-15)5-2-6-14/h11-13,16H,2-10H2,1H3. The molecule has 92 valence electrons. The molecule has 1 heterocycles. The van der Waals surface area contributed by atoms with Crippen molar-refractivity contribution < 1.29 is 5.11 Å². The smallest absolute Gasteiger partial charge is 0.0555 e. The molecular formula is C14H25NO. The molecule has 1 saturated heterocycles. The number of rotatable bonds is 1. The summed E-state index contributed by atoms with van der Waals surface area (Å²) in [6, 6.07) is 0.670. The van der Waals surface area contributed by atoms with Crippen LogP contribution in [-0.2, 0) is 0 Å². The Balaban J connectivity index is 1.64. The number of nitrogens with zero attached hydrogens (tertiary/aromatic N) is 1. The van der Waals surface area contributed by atoms with Crippen LogP contribution in [0, 0.1) is 11.3 Å². The van der Waals surface area contributed by atoms with Gasteiger partial charge in [0.05, 0.1) is 6.10 Å². The molecule has 0 aromatic heterocycles. The van der Waals surface area contributed by atoms with E-state index in [0.29, 0.717) is 11.5 Å². The quantitative estimate of drug-likeness (QED) is 0.738. The summed E-state index contributed by atoms with van der Waals surface area (Å²) in [5.74, 6) is 0.790. The van der Waals surface area contributed by atoms with E-state index in [1.165, 1.54) is 45.2 Å². The lowest BCUT2D eigenvalue weighted by atomic mass is 9.68. The third-order valence-corrected chi connectivity index (χ3v) is 5.48. The minimum Gasteiger partial charge on any atom is -0.393 e. The maximum Gasteiger partial charge on any atom is 0.0555 e. The summed E-state index contributed by atoms with van der Waals surface area (Å²) in [5.41, 5.74) is 0.710. The number of hydrogen-bond donors (Lipinski definition) is 1. The first-order valence-electron chi connectivity index (χ1n) is 7.11. The van der Waals surface area contributed by atoms with Crippen molar-refractivity contribution in [1.82, 2.24) is 4.90 Å². The molecule has 2 saturated carbocycles. The van der Waals surface area contributed by atoms with Gasteiger partial charge in [-0.25, -0.2) is 0 Å². The highest BCUT2D eigenvalue weighted by Crippen LogP contribution is 2.49. The van der Waals surface area contributed by atoms with E-state index in [0.717, 1.165) is 18.8 Å². The van der Waals surface area contributed by atoms with Crippen LogP contribution in [0.2, 0.25) is 0 Å². The molecule has 3 rings (SSSR count). The molecule has 0 aromatic carbocycles. The van der Waals surface area contributed by atoms with Crippen LogP contribution in [0.4, 0.5) is 0 Å². The van der Waals surface area contributed by atoms with Crippen LogP contribution in [-0.4, -0.2) is 35.2 Å². The second-order valence-electron chi connectivity index (χ2n) is 6.59. The molecule has 3 aliphatic rings. The van der Waals surface area contributed by atoms with Gasteiger partial charge in [0.1, 0.15) is 0 Å². The Hall–Kier alpha value is -0.0800. The Morgan fingerprint density at radius 3 is 2.62 bits per heavy atom. The Bertz CT molecular complexity index is 261. The zero-order chi connectivity index (χ0) is 11.2. The fourth-order valence-corrected chi connectivity index (χ4v) is 4.12. The van der Waals surface area contributed by atoms with E-state index in [1.807, 2.05) is 0 Å². The van der Waals surface area contributed by atoms with Crippen molar-refractivity contribution in [2.24, 2.45) is 11.3 Å². The average molecular weight is 223 g/mol. The molecule has 16 heavy (non-hydrogen) atoms. The van der Waals surface area contributed by atoms with Gasteiger partial charge in [0, 0.05) is 12.6 Å². The zero-order valence-electron chi connectivity index (χ0n) is 10.5. The Morgan fingerprint density at radius 2 is 2.00 bits per heavy atom. The third kappa shape index (κ3) is 1.80. The first-order chi connectivity index (χ1) is 7.69. The van der Waals surface area contributed by atoms with Gasteiger partial charge in [-0.1, -0.05) is 13.3 Å². The van der Waals surface area contributed by atoms with Crippen molar-refractivity contribution in [2.75, 3.05) is 13.1 Å². The molecular weight excluding hydrogens is 198 g/mol. The first kappa shape index (κ1) is 11.0. The van der Waals surface area contributed by atoms with Crippen LogP contribution in [0.25, 0.3) is 0 Å². The van der Waals surface area contributed by atoms with E-state index in [4.69, 9.17) is 0 Å². The Kier molecular flexibility index (Phi) is 2.75. The van der Waals surface area contributed by atoms with Crippen molar-refractivity contribution in [3.05, 3.63) is 0 Å². The molecule has 0 amide bonds. The second kappa shape index (κ2) is 3.99. The number of aliphatic hydroxyl groups excluding tert-OH is 1. The van der Waals surface area contributed by atoms with Crippen LogP contribution in [0.1, 0.15) is 51.9 Å². The van der Waals surface area contributed by atoms with Gasteiger partial charge >= 0.3 is 0 Å². The highest BCUT2D eigenvalue weighted by molar-refractivity contribution is 4.99. The van der Waals surface area contributed by atoms with E-state index in [1.54, 1.807) is 0 Å². The summed E-state index contributed by atoms with van der Waals surface area (Å²) in [6.07, 6.45) is 9.05. The van der Waals surface area contributed by atoms with Crippen molar-refractivity contribution in [1.29, 1.82) is 0 Å². The molecule has 0 radical (unpaired) electrons. The molecule has 1 N–H and O–H groups in total. The van der Waals surface area contributed by atoms with Crippen molar-refractivity contribution in [2.45, 2.75) is 64.0 Å². The van der Waals surface area contributed by atoms with Crippen LogP contribution >= 0.6 is 0 Å². The summed E-state index contributed by atoms with van der Waals surface area (Å²) in [6.45, 7) is 5.00. The van der Waals surface area contributed by atoms with Gasteiger partial charge in [0.2, 0.25) is 0 Å². The lowest BCUT2D eigenvalue weighted by Gasteiger charge is -2.42. The molecule has 1 aliphatic heterocycles. The second-order valence-corrected chi connectivity index (χ2v) is 6.59. The maximum absolute atomic E-state index is 9.83. The van der Waals surface area contributed by atoms with Gasteiger partial charge in [-0.15, -0.1) is 0 Å². The molecule has 0 aromatic rings. The van der Waals surface area contributed by atoms with Gasteiger partial charge in [0.25, 0.3) is 0 Å².